The van der Waals surface area contributed by atoms with Gasteiger partial charge in [0.2, 0.25) is 5.76 Å². The first-order valence-electron chi connectivity index (χ1n) is 6.07. The lowest BCUT2D eigenvalue weighted by Gasteiger charge is -2.12. The van der Waals surface area contributed by atoms with E-state index >= 15 is 0 Å². The van der Waals surface area contributed by atoms with Crippen LogP contribution in [0.4, 0.5) is 0 Å². The monoisotopic (exact) mass is 263 g/mol. The van der Waals surface area contributed by atoms with Crippen LogP contribution in [0.25, 0.3) is 0 Å². The Morgan fingerprint density at radius 2 is 2.42 bits per heavy atom. The highest BCUT2D eigenvalue weighted by atomic mass is 16.5. The molecule has 0 saturated carbocycles. The molecule has 0 bridgehead atoms. The van der Waals surface area contributed by atoms with Crippen molar-refractivity contribution in [1.82, 2.24) is 15.1 Å². The SMILES string of the molecule is COC(=O)c1ccc(CNC(C)Cn2cccn2)o1. The maximum atomic E-state index is 11.2. The van der Waals surface area contributed by atoms with Crippen molar-refractivity contribution in [2.45, 2.75) is 26.1 Å². The van der Waals surface area contributed by atoms with Crippen molar-refractivity contribution in [3.63, 3.8) is 0 Å². The lowest BCUT2D eigenvalue weighted by Crippen LogP contribution is -2.29. The van der Waals surface area contributed by atoms with Crippen molar-refractivity contribution >= 4 is 5.97 Å². The third kappa shape index (κ3) is 3.69. The highest BCUT2D eigenvalue weighted by molar-refractivity contribution is 5.86. The summed E-state index contributed by atoms with van der Waals surface area (Å²) < 4.78 is 11.8. The van der Waals surface area contributed by atoms with Gasteiger partial charge < -0.3 is 14.5 Å². The average Bonchev–Trinajstić information content (AvgIpc) is 3.06. The van der Waals surface area contributed by atoms with Gasteiger partial charge in [0.05, 0.1) is 20.2 Å². The van der Waals surface area contributed by atoms with Crippen molar-refractivity contribution in [2.24, 2.45) is 0 Å². The third-order valence-electron chi connectivity index (χ3n) is 2.69. The summed E-state index contributed by atoms with van der Waals surface area (Å²) in [7, 11) is 1.33. The van der Waals surface area contributed by atoms with E-state index in [1.807, 2.05) is 16.9 Å². The first kappa shape index (κ1) is 13.4. The van der Waals surface area contributed by atoms with Crippen molar-refractivity contribution in [3.8, 4) is 0 Å². The second kappa shape index (κ2) is 6.19. The van der Waals surface area contributed by atoms with Crippen LogP contribution in [-0.2, 0) is 17.8 Å². The molecule has 19 heavy (non-hydrogen) atoms. The Balaban J connectivity index is 1.81. The normalized spacial score (nSPS) is 12.3. The second-order valence-electron chi connectivity index (χ2n) is 4.27. The van der Waals surface area contributed by atoms with Gasteiger partial charge in [0.1, 0.15) is 5.76 Å². The smallest absolute Gasteiger partial charge is 0.373 e. The molecule has 2 heterocycles. The van der Waals surface area contributed by atoms with Crippen molar-refractivity contribution in [1.29, 1.82) is 0 Å². The first-order valence-corrected chi connectivity index (χ1v) is 6.07. The van der Waals surface area contributed by atoms with Crippen LogP contribution in [0.5, 0.6) is 0 Å². The molecule has 2 aromatic rings. The molecule has 2 rings (SSSR count). The molecule has 0 aromatic carbocycles. The van der Waals surface area contributed by atoms with Gasteiger partial charge in [0.25, 0.3) is 0 Å². The zero-order valence-corrected chi connectivity index (χ0v) is 11.0. The van der Waals surface area contributed by atoms with E-state index in [0.29, 0.717) is 12.3 Å². The van der Waals surface area contributed by atoms with Crippen molar-refractivity contribution in [3.05, 3.63) is 42.1 Å². The van der Waals surface area contributed by atoms with E-state index in [1.165, 1.54) is 7.11 Å². The van der Waals surface area contributed by atoms with Gasteiger partial charge in [-0.2, -0.15) is 5.10 Å². The fourth-order valence-electron chi connectivity index (χ4n) is 1.71. The van der Waals surface area contributed by atoms with Crippen molar-refractivity contribution in [2.75, 3.05) is 7.11 Å². The van der Waals surface area contributed by atoms with Gasteiger partial charge in [-0.15, -0.1) is 0 Å². The number of hydrogen-bond donors (Lipinski definition) is 1. The molecule has 0 radical (unpaired) electrons. The average molecular weight is 263 g/mol. The molecule has 0 aliphatic rings. The van der Waals surface area contributed by atoms with E-state index in [2.05, 4.69) is 22.1 Å². The summed E-state index contributed by atoms with van der Waals surface area (Å²) in [6.45, 7) is 3.39. The topological polar surface area (TPSA) is 69.3 Å². The summed E-state index contributed by atoms with van der Waals surface area (Å²) >= 11 is 0. The number of rotatable bonds is 6. The molecule has 1 atom stereocenters. The molecular weight excluding hydrogens is 246 g/mol. The fourth-order valence-corrected chi connectivity index (χ4v) is 1.71. The highest BCUT2D eigenvalue weighted by Crippen LogP contribution is 2.09. The zero-order chi connectivity index (χ0) is 13.7. The Kier molecular flexibility index (Phi) is 4.35. The van der Waals surface area contributed by atoms with E-state index in [4.69, 9.17) is 4.42 Å². The predicted octanol–water partition coefficient (Wildman–Crippen LogP) is 1.44. The van der Waals surface area contributed by atoms with Crippen LogP contribution in [0.2, 0.25) is 0 Å². The molecule has 0 aliphatic carbocycles. The number of aromatic nitrogens is 2. The Morgan fingerprint density at radius 3 is 3.11 bits per heavy atom. The van der Waals surface area contributed by atoms with Gasteiger partial charge >= 0.3 is 5.97 Å². The Hall–Kier alpha value is -2.08. The molecule has 102 valence electrons. The molecule has 1 unspecified atom stereocenters. The molecule has 0 saturated heterocycles. The second-order valence-corrected chi connectivity index (χ2v) is 4.27. The minimum absolute atomic E-state index is 0.221. The van der Waals surface area contributed by atoms with Crippen LogP contribution in [-0.4, -0.2) is 28.9 Å². The van der Waals surface area contributed by atoms with Gasteiger partial charge in [0.15, 0.2) is 0 Å². The standard InChI is InChI=1S/C13H17N3O3/c1-10(9-16-7-3-6-15-16)14-8-11-4-5-12(19-11)13(17)18-2/h3-7,10,14H,8-9H2,1-2H3. The molecule has 0 amide bonds. The quantitative estimate of drug-likeness (QED) is 0.799. The van der Waals surface area contributed by atoms with Crippen LogP contribution in [0.15, 0.2) is 35.0 Å². The van der Waals surface area contributed by atoms with E-state index in [0.717, 1.165) is 6.54 Å². The van der Waals surface area contributed by atoms with Crippen LogP contribution in [0.3, 0.4) is 0 Å². The number of ether oxygens (including phenoxy) is 1. The number of furan rings is 1. The minimum atomic E-state index is -0.462. The summed E-state index contributed by atoms with van der Waals surface area (Å²) in [4.78, 5) is 11.2. The fraction of sp³-hybridized carbons (Fsp3) is 0.385. The summed E-state index contributed by atoms with van der Waals surface area (Å²) in [5.74, 6) is 0.461. The zero-order valence-electron chi connectivity index (χ0n) is 11.0. The lowest BCUT2D eigenvalue weighted by molar-refractivity contribution is 0.0563. The minimum Gasteiger partial charge on any atom is -0.463 e. The Labute approximate surface area is 111 Å². The lowest BCUT2D eigenvalue weighted by atomic mass is 10.3. The number of methoxy groups -OCH3 is 1. The van der Waals surface area contributed by atoms with E-state index in [1.54, 1.807) is 18.3 Å². The highest BCUT2D eigenvalue weighted by Gasteiger charge is 2.11. The summed E-state index contributed by atoms with van der Waals surface area (Å²) in [5.41, 5.74) is 0. The van der Waals surface area contributed by atoms with Gasteiger partial charge in [-0.25, -0.2) is 4.79 Å². The Bertz CT molecular complexity index is 519. The predicted molar refractivity (Wildman–Crippen MR) is 68.6 cm³/mol. The van der Waals surface area contributed by atoms with Gasteiger partial charge in [-0.05, 0) is 25.1 Å². The van der Waals surface area contributed by atoms with Gasteiger partial charge in [-0.1, -0.05) is 0 Å². The molecule has 0 fully saturated rings. The number of carbonyl (C=O) groups is 1. The summed E-state index contributed by atoms with van der Waals surface area (Å²) in [5, 5.41) is 7.44. The Morgan fingerprint density at radius 1 is 1.58 bits per heavy atom. The third-order valence-corrected chi connectivity index (χ3v) is 2.69. The maximum Gasteiger partial charge on any atom is 0.373 e. The molecule has 2 aromatic heterocycles. The number of nitrogens with zero attached hydrogens (tertiary/aromatic N) is 2. The summed E-state index contributed by atoms with van der Waals surface area (Å²) in [6, 6.07) is 5.51. The number of esters is 1. The molecule has 1 N–H and O–H groups in total. The molecule has 6 nitrogen and oxygen atoms in total. The maximum absolute atomic E-state index is 11.2. The molecule has 0 spiro atoms. The number of nitrogens with one attached hydrogen (secondary N) is 1. The van der Waals surface area contributed by atoms with Crippen LogP contribution < -0.4 is 5.32 Å². The van der Waals surface area contributed by atoms with Crippen LogP contribution >= 0.6 is 0 Å². The molecule has 6 heteroatoms. The molecule has 0 aliphatic heterocycles. The summed E-state index contributed by atoms with van der Waals surface area (Å²) in [6.07, 6.45) is 3.67. The van der Waals surface area contributed by atoms with E-state index in [-0.39, 0.29) is 11.8 Å². The van der Waals surface area contributed by atoms with Gasteiger partial charge in [0, 0.05) is 18.4 Å². The van der Waals surface area contributed by atoms with Crippen molar-refractivity contribution < 1.29 is 13.9 Å². The number of carbonyl (C=O) groups excluding carboxylic acids is 1. The number of hydrogen-bond acceptors (Lipinski definition) is 5. The molecular formula is C13H17N3O3. The van der Waals surface area contributed by atoms with E-state index < -0.39 is 5.97 Å². The van der Waals surface area contributed by atoms with E-state index in [9.17, 15) is 4.79 Å². The van der Waals surface area contributed by atoms with Crippen LogP contribution in [0.1, 0.15) is 23.2 Å². The van der Waals surface area contributed by atoms with Gasteiger partial charge in [-0.3, -0.25) is 4.68 Å². The largest absolute Gasteiger partial charge is 0.463 e. The van der Waals surface area contributed by atoms with Crippen LogP contribution in [0, 0.1) is 0 Å². The first-order chi connectivity index (χ1) is 9.19.